The summed E-state index contributed by atoms with van der Waals surface area (Å²) in [5.41, 5.74) is 4.82. The summed E-state index contributed by atoms with van der Waals surface area (Å²) in [6, 6.07) is 0.00262. The Labute approximate surface area is 131 Å². The van der Waals surface area contributed by atoms with Crippen LogP contribution in [0.15, 0.2) is 6.20 Å². The average molecular weight is 343 g/mol. The number of rotatable bonds is 3. The van der Waals surface area contributed by atoms with Crippen LogP contribution in [-0.4, -0.2) is 34.0 Å². The summed E-state index contributed by atoms with van der Waals surface area (Å²) < 4.78 is 48.6. The van der Waals surface area contributed by atoms with E-state index in [1.165, 1.54) is 10.9 Å². The second-order valence-electron chi connectivity index (χ2n) is 5.59. The van der Waals surface area contributed by atoms with Crippen molar-refractivity contribution in [2.75, 3.05) is 6.61 Å². The molecular weight excluding hydrogens is 325 g/mol. The molecule has 2 aliphatic rings. The largest absolute Gasteiger partial charge is 0.524 e. The quantitative estimate of drug-likeness (QED) is 0.912. The Bertz CT molecular complexity index is 499. The smallest absolute Gasteiger partial charge is 0.370 e. The summed E-state index contributed by atoms with van der Waals surface area (Å²) in [7, 11) is 0. The van der Waals surface area contributed by atoms with Gasteiger partial charge in [-0.05, 0) is 32.1 Å². The molecule has 0 spiro atoms. The first-order valence-electron chi connectivity index (χ1n) is 6.95. The molecular formula is C12H18ClF3N4O2. The van der Waals surface area contributed by atoms with Gasteiger partial charge < -0.3 is 10.5 Å². The van der Waals surface area contributed by atoms with Gasteiger partial charge in [-0.25, -0.2) is 4.68 Å². The standard InChI is InChI=1S/C12H17F3N4O2.ClH/c13-12(14,15)21-11(4-1-5-11)19-6-9(17-18-19)10-3-2-8(16)7-20-10;/h6,8,10H,1-5,7,16H2;1H/t8-,10+;/m1./s1. The highest BCUT2D eigenvalue weighted by atomic mass is 35.5. The molecule has 1 aliphatic carbocycles. The van der Waals surface area contributed by atoms with Gasteiger partial charge in [0.15, 0.2) is 5.72 Å². The molecule has 0 radical (unpaired) electrons. The summed E-state index contributed by atoms with van der Waals surface area (Å²) in [6.07, 6.45) is -0.777. The number of hydrogen-bond acceptors (Lipinski definition) is 5. The lowest BCUT2D eigenvalue weighted by Crippen LogP contribution is -2.47. The van der Waals surface area contributed by atoms with Crippen molar-refractivity contribution in [1.29, 1.82) is 0 Å². The van der Waals surface area contributed by atoms with Gasteiger partial charge in [0.2, 0.25) is 0 Å². The lowest BCUT2D eigenvalue weighted by atomic mass is 9.88. The monoisotopic (exact) mass is 342 g/mol. The van der Waals surface area contributed by atoms with E-state index in [2.05, 4.69) is 15.0 Å². The molecule has 2 atom stereocenters. The zero-order chi connectivity index (χ0) is 15.1. The molecule has 1 aromatic rings. The molecule has 1 saturated heterocycles. The second-order valence-corrected chi connectivity index (χ2v) is 5.59. The highest BCUT2D eigenvalue weighted by molar-refractivity contribution is 5.85. The molecule has 6 nitrogen and oxygen atoms in total. The Kier molecular flexibility index (Phi) is 5.00. The van der Waals surface area contributed by atoms with Crippen LogP contribution < -0.4 is 5.73 Å². The Hall–Kier alpha value is -0.900. The highest BCUT2D eigenvalue weighted by Gasteiger charge is 2.50. The van der Waals surface area contributed by atoms with Crippen LogP contribution in [0.3, 0.4) is 0 Å². The lowest BCUT2D eigenvalue weighted by molar-refractivity contribution is -0.402. The minimum absolute atomic E-state index is 0. The molecule has 126 valence electrons. The first-order chi connectivity index (χ1) is 9.88. The molecule has 1 saturated carbocycles. The van der Waals surface area contributed by atoms with Gasteiger partial charge in [-0.3, -0.25) is 4.74 Å². The first-order valence-corrected chi connectivity index (χ1v) is 6.95. The number of nitrogens with two attached hydrogens (primary N) is 1. The summed E-state index contributed by atoms with van der Waals surface area (Å²) in [6.45, 7) is 0.418. The molecule has 1 aliphatic heterocycles. The normalized spacial score (nSPS) is 27.8. The van der Waals surface area contributed by atoms with Crippen molar-refractivity contribution in [3.8, 4) is 0 Å². The van der Waals surface area contributed by atoms with Crippen molar-refractivity contribution in [3.63, 3.8) is 0 Å². The molecule has 3 rings (SSSR count). The second kappa shape index (κ2) is 6.31. The maximum absolute atomic E-state index is 12.5. The predicted molar refractivity (Wildman–Crippen MR) is 72.1 cm³/mol. The molecule has 2 N–H and O–H groups in total. The van der Waals surface area contributed by atoms with Gasteiger partial charge in [-0.2, -0.15) is 0 Å². The van der Waals surface area contributed by atoms with Crippen molar-refractivity contribution in [3.05, 3.63) is 11.9 Å². The fraction of sp³-hybridized carbons (Fsp3) is 0.833. The molecule has 0 aromatic carbocycles. The number of halogens is 4. The third kappa shape index (κ3) is 3.53. The van der Waals surface area contributed by atoms with Crippen molar-refractivity contribution in [2.24, 2.45) is 5.73 Å². The van der Waals surface area contributed by atoms with E-state index in [-0.39, 0.29) is 37.4 Å². The first kappa shape index (κ1) is 17.5. The van der Waals surface area contributed by atoms with Crippen LogP contribution in [0.2, 0.25) is 0 Å². The van der Waals surface area contributed by atoms with E-state index in [1.54, 1.807) is 0 Å². The zero-order valence-corrected chi connectivity index (χ0v) is 12.6. The van der Waals surface area contributed by atoms with Crippen LogP contribution >= 0.6 is 12.4 Å². The van der Waals surface area contributed by atoms with Gasteiger partial charge in [0.05, 0.1) is 12.8 Å². The summed E-state index contributed by atoms with van der Waals surface area (Å²) >= 11 is 0. The number of alkyl halides is 3. The molecule has 0 amide bonds. The molecule has 2 heterocycles. The van der Waals surface area contributed by atoms with Crippen LogP contribution in [0, 0.1) is 0 Å². The van der Waals surface area contributed by atoms with Gasteiger partial charge in [0, 0.05) is 6.04 Å². The van der Waals surface area contributed by atoms with Gasteiger partial charge in [0.25, 0.3) is 0 Å². The van der Waals surface area contributed by atoms with Gasteiger partial charge in [0.1, 0.15) is 11.8 Å². The van der Waals surface area contributed by atoms with Crippen LogP contribution in [0.4, 0.5) is 13.2 Å². The fourth-order valence-corrected chi connectivity index (χ4v) is 2.70. The van der Waals surface area contributed by atoms with Crippen molar-refractivity contribution in [2.45, 2.75) is 56.3 Å². The maximum Gasteiger partial charge on any atom is 0.524 e. The third-order valence-electron chi connectivity index (χ3n) is 4.01. The molecule has 1 aromatic heterocycles. The van der Waals surface area contributed by atoms with Crippen molar-refractivity contribution in [1.82, 2.24) is 15.0 Å². The maximum atomic E-state index is 12.5. The number of nitrogens with zero attached hydrogens (tertiary/aromatic N) is 3. The summed E-state index contributed by atoms with van der Waals surface area (Å²) in [4.78, 5) is 0. The van der Waals surface area contributed by atoms with E-state index < -0.39 is 12.1 Å². The van der Waals surface area contributed by atoms with Crippen LogP contribution in [-0.2, 0) is 15.2 Å². The van der Waals surface area contributed by atoms with E-state index in [1.807, 2.05) is 0 Å². The minimum Gasteiger partial charge on any atom is -0.370 e. The Morgan fingerprint density at radius 1 is 1.36 bits per heavy atom. The van der Waals surface area contributed by atoms with E-state index in [0.29, 0.717) is 25.1 Å². The molecule has 22 heavy (non-hydrogen) atoms. The Morgan fingerprint density at radius 2 is 2.09 bits per heavy atom. The highest BCUT2D eigenvalue weighted by Crippen LogP contribution is 2.44. The van der Waals surface area contributed by atoms with Gasteiger partial charge in [-0.15, -0.1) is 30.7 Å². The predicted octanol–water partition coefficient (Wildman–Crippen LogP) is 2.25. The number of aromatic nitrogens is 3. The minimum atomic E-state index is -4.69. The third-order valence-corrected chi connectivity index (χ3v) is 4.01. The van der Waals surface area contributed by atoms with E-state index >= 15 is 0 Å². The van der Waals surface area contributed by atoms with Crippen LogP contribution in [0.25, 0.3) is 0 Å². The van der Waals surface area contributed by atoms with Crippen LogP contribution in [0.1, 0.15) is 43.9 Å². The van der Waals surface area contributed by atoms with E-state index in [4.69, 9.17) is 10.5 Å². The van der Waals surface area contributed by atoms with Crippen molar-refractivity contribution >= 4 is 12.4 Å². The van der Waals surface area contributed by atoms with Gasteiger partial charge >= 0.3 is 6.36 Å². The van der Waals surface area contributed by atoms with E-state index in [0.717, 1.165) is 6.42 Å². The van der Waals surface area contributed by atoms with E-state index in [9.17, 15) is 13.2 Å². The average Bonchev–Trinajstić information content (AvgIpc) is 2.83. The van der Waals surface area contributed by atoms with Crippen molar-refractivity contribution < 1.29 is 22.6 Å². The number of hydrogen-bond donors (Lipinski definition) is 1. The Balaban J connectivity index is 0.00000176. The molecule has 0 unspecified atom stereocenters. The lowest BCUT2D eigenvalue weighted by Gasteiger charge is -2.41. The summed E-state index contributed by atoms with van der Waals surface area (Å²) in [5.74, 6) is 0. The topological polar surface area (TPSA) is 75.2 Å². The van der Waals surface area contributed by atoms with Crippen LogP contribution in [0.5, 0.6) is 0 Å². The molecule has 10 heteroatoms. The summed E-state index contributed by atoms with van der Waals surface area (Å²) in [5, 5.41) is 7.76. The molecule has 0 bridgehead atoms. The fourth-order valence-electron chi connectivity index (χ4n) is 2.70. The zero-order valence-electron chi connectivity index (χ0n) is 11.8. The SMILES string of the molecule is Cl.N[C@@H]1CC[C@@H](c2cn(C3(OC(F)(F)F)CCC3)nn2)OC1. The number of ether oxygens (including phenoxy) is 2. The Morgan fingerprint density at radius 3 is 2.59 bits per heavy atom. The van der Waals surface area contributed by atoms with Gasteiger partial charge in [-0.1, -0.05) is 5.21 Å². The molecule has 2 fully saturated rings.